The maximum Gasteiger partial charge on any atom is 0.265 e. The highest BCUT2D eigenvalue weighted by Crippen LogP contribution is 2.45. The number of nitrogens with zero attached hydrogens (tertiary/aromatic N) is 3. The average Bonchev–Trinajstić information content (AvgIpc) is 3.39. The topological polar surface area (TPSA) is 130 Å². The third-order valence-electron chi connectivity index (χ3n) is 10.2. The van der Waals surface area contributed by atoms with Crippen LogP contribution in [0.5, 0.6) is 5.75 Å². The summed E-state index contributed by atoms with van der Waals surface area (Å²) in [7, 11) is 7.06. The molecule has 0 bridgehead atoms. The van der Waals surface area contributed by atoms with Crippen molar-refractivity contribution in [2.45, 2.75) is 72.3 Å². The van der Waals surface area contributed by atoms with E-state index in [0.717, 1.165) is 35.2 Å². The largest absolute Gasteiger partial charge is 0.496 e. The third kappa shape index (κ3) is 7.46. The van der Waals surface area contributed by atoms with Gasteiger partial charge in [-0.25, -0.2) is 4.99 Å². The van der Waals surface area contributed by atoms with Gasteiger partial charge in [-0.2, -0.15) is 5.06 Å². The molecule has 2 amide bonds. The van der Waals surface area contributed by atoms with Crippen LogP contribution < -0.4 is 20.7 Å². The van der Waals surface area contributed by atoms with E-state index in [9.17, 15) is 14.7 Å². The SMILES string of the molecule is CNC(=O)c1cc(-c2cccc(CN3O[C@@H](CN)C([C@H](C)O)[C@H]3C(=O)N=CC3C[C@@H](C)C(C)(C)C[C@@H]3C)c2OC)cc(N(C)C)c1. The van der Waals surface area contributed by atoms with Crippen molar-refractivity contribution >= 4 is 23.7 Å². The molecule has 2 aliphatic rings. The molecule has 1 heterocycles. The Morgan fingerprint density at radius 1 is 1.26 bits per heavy atom. The van der Waals surface area contributed by atoms with Gasteiger partial charge in [0.15, 0.2) is 0 Å². The van der Waals surface area contributed by atoms with Crippen molar-refractivity contribution in [1.82, 2.24) is 10.4 Å². The molecular weight excluding hydrogens is 582 g/mol. The van der Waals surface area contributed by atoms with Gasteiger partial charge in [-0.15, -0.1) is 0 Å². The Hall–Kier alpha value is -3.31. The summed E-state index contributed by atoms with van der Waals surface area (Å²) < 4.78 is 5.97. The molecule has 0 spiro atoms. The first-order chi connectivity index (χ1) is 21.7. The highest BCUT2D eigenvalue weighted by molar-refractivity contribution is 5.97. The van der Waals surface area contributed by atoms with Crippen LogP contribution in [-0.2, 0) is 16.2 Å². The lowest BCUT2D eigenvalue weighted by Crippen LogP contribution is -2.44. The lowest BCUT2D eigenvalue weighted by molar-refractivity contribution is -0.172. The highest BCUT2D eigenvalue weighted by atomic mass is 16.7. The molecule has 2 unspecified atom stereocenters. The van der Waals surface area contributed by atoms with E-state index in [1.54, 1.807) is 26.1 Å². The molecule has 46 heavy (non-hydrogen) atoms. The number of aliphatic hydroxyl groups is 1. The molecule has 2 fully saturated rings. The first kappa shape index (κ1) is 35.5. The fourth-order valence-corrected chi connectivity index (χ4v) is 7.14. The summed E-state index contributed by atoms with van der Waals surface area (Å²) in [5.74, 6) is 0.617. The van der Waals surface area contributed by atoms with E-state index >= 15 is 0 Å². The van der Waals surface area contributed by atoms with E-state index in [1.807, 2.05) is 61.6 Å². The fraction of sp³-hybridized carbons (Fsp3) is 0.583. The first-order valence-corrected chi connectivity index (χ1v) is 16.3. The number of hydrogen-bond donors (Lipinski definition) is 3. The van der Waals surface area contributed by atoms with Crippen molar-refractivity contribution in [2.24, 2.45) is 39.8 Å². The minimum absolute atomic E-state index is 0.141. The normalized spacial score (nSPS) is 27.0. The zero-order valence-electron chi connectivity index (χ0n) is 28.9. The zero-order valence-corrected chi connectivity index (χ0v) is 28.9. The number of aliphatic imine (C=N–C) groups is 1. The molecule has 1 aliphatic heterocycles. The molecule has 1 aliphatic carbocycles. The Labute approximate surface area is 274 Å². The monoisotopic (exact) mass is 635 g/mol. The molecule has 0 radical (unpaired) electrons. The number of hydroxylamine groups is 2. The van der Waals surface area contributed by atoms with Crippen LogP contribution in [0.3, 0.4) is 0 Å². The van der Waals surface area contributed by atoms with Crippen molar-refractivity contribution in [3.05, 3.63) is 47.5 Å². The molecule has 4 rings (SSSR count). The smallest absolute Gasteiger partial charge is 0.265 e. The molecular formula is C36H53N5O5. The summed E-state index contributed by atoms with van der Waals surface area (Å²) in [4.78, 5) is 39.3. The Bertz CT molecular complexity index is 1420. The maximum atomic E-state index is 13.9. The van der Waals surface area contributed by atoms with Crippen LogP contribution in [0.15, 0.2) is 41.4 Å². The second kappa shape index (κ2) is 14.6. The van der Waals surface area contributed by atoms with Gasteiger partial charge in [0.1, 0.15) is 11.8 Å². The number of rotatable bonds is 10. The van der Waals surface area contributed by atoms with Crippen molar-refractivity contribution in [2.75, 3.05) is 39.7 Å². The van der Waals surface area contributed by atoms with Gasteiger partial charge in [0.25, 0.3) is 11.8 Å². The van der Waals surface area contributed by atoms with Gasteiger partial charge in [0.2, 0.25) is 0 Å². The Morgan fingerprint density at radius 2 is 1.98 bits per heavy atom. The third-order valence-corrected chi connectivity index (χ3v) is 10.2. The number of carbonyl (C=O) groups excluding carboxylic acids is 2. The summed E-state index contributed by atoms with van der Waals surface area (Å²) in [5.41, 5.74) is 10.1. The van der Waals surface area contributed by atoms with Crippen LogP contribution in [0.25, 0.3) is 11.1 Å². The summed E-state index contributed by atoms with van der Waals surface area (Å²) in [6.45, 7) is 11.1. The number of anilines is 1. The molecule has 10 heteroatoms. The van der Waals surface area contributed by atoms with Crippen LogP contribution in [0, 0.1) is 29.1 Å². The Balaban J connectivity index is 1.69. The maximum absolute atomic E-state index is 13.9. The van der Waals surface area contributed by atoms with E-state index in [-0.39, 0.29) is 36.2 Å². The molecule has 4 N–H and O–H groups in total. The van der Waals surface area contributed by atoms with E-state index < -0.39 is 24.2 Å². The molecule has 10 nitrogen and oxygen atoms in total. The predicted molar refractivity (Wildman–Crippen MR) is 183 cm³/mol. The number of amides is 2. The van der Waals surface area contributed by atoms with Crippen LogP contribution in [0.2, 0.25) is 0 Å². The number of nitrogens with one attached hydrogen (secondary N) is 1. The number of ether oxygens (including phenoxy) is 1. The van der Waals surface area contributed by atoms with Gasteiger partial charge in [-0.3, -0.25) is 14.4 Å². The average molecular weight is 636 g/mol. The van der Waals surface area contributed by atoms with Crippen molar-refractivity contribution in [3.63, 3.8) is 0 Å². The van der Waals surface area contributed by atoms with E-state index in [2.05, 4.69) is 38.0 Å². The van der Waals surface area contributed by atoms with E-state index in [0.29, 0.717) is 23.1 Å². The van der Waals surface area contributed by atoms with Gasteiger partial charge in [-0.05, 0) is 66.7 Å². The number of para-hydroxylation sites is 1. The van der Waals surface area contributed by atoms with Crippen molar-refractivity contribution in [3.8, 4) is 16.9 Å². The number of benzene rings is 2. The van der Waals surface area contributed by atoms with Gasteiger partial charge in [-0.1, -0.05) is 45.9 Å². The Kier molecular flexibility index (Phi) is 11.3. The molecule has 1 saturated carbocycles. The number of hydrogen-bond acceptors (Lipinski definition) is 8. The number of nitrogens with two attached hydrogens (primary N) is 1. The van der Waals surface area contributed by atoms with Crippen LogP contribution >= 0.6 is 0 Å². The molecule has 2 aromatic carbocycles. The van der Waals surface area contributed by atoms with Gasteiger partial charge < -0.3 is 25.8 Å². The minimum Gasteiger partial charge on any atom is -0.496 e. The van der Waals surface area contributed by atoms with Gasteiger partial charge in [0, 0.05) is 62.2 Å². The first-order valence-electron chi connectivity index (χ1n) is 16.3. The van der Waals surface area contributed by atoms with Crippen LogP contribution in [-0.4, -0.2) is 81.2 Å². The van der Waals surface area contributed by atoms with Crippen molar-refractivity contribution < 1.29 is 24.3 Å². The van der Waals surface area contributed by atoms with E-state index in [4.69, 9.17) is 15.3 Å². The molecule has 7 atom stereocenters. The summed E-state index contributed by atoms with van der Waals surface area (Å²) in [6, 6.07) is 10.6. The fourth-order valence-electron chi connectivity index (χ4n) is 7.14. The summed E-state index contributed by atoms with van der Waals surface area (Å²) in [6.07, 6.45) is 2.47. The van der Waals surface area contributed by atoms with Crippen LogP contribution in [0.4, 0.5) is 5.69 Å². The number of aliphatic hydroxyl groups excluding tert-OH is 1. The second-order valence-corrected chi connectivity index (χ2v) is 14.0. The van der Waals surface area contributed by atoms with Gasteiger partial charge in [0.05, 0.1) is 25.9 Å². The molecule has 252 valence electrons. The lowest BCUT2D eigenvalue weighted by Gasteiger charge is -2.43. The number of methoxy groups -OCH3 is 1. The summed E-state index contributed by atoms with van der Waals surface area (Å²) >= 11 is 0. The predicted octanol–water partition coefficient (Wildman–Crippen LogP) is 4.53. The second-order valence-electron chi connectivity index (χ2n) is 14.0. The van der Waals surface area contributed by atoms with Crippen LogP contribution in [0.1, 0.15) is 63.4 Å². The standard InChI is InChI=1S/C36H53N5O5/c1-21-17-36(4,5)22(2)13-27(21)19-39-35(44)32-31(23(3)42)30(18-37)46-41(32)20-24-11-10-12-29(33(24)45-9)25-14-26(34(43)38-6)16-28(15-25)40(7)8/h10-12,14-16,19,21-23,27,30-32,42H,13,17-18,20,37H2,1-9H3,(H,38,43)/t21-,22+,23-,27?,30-,31?,32-/m0/s1. The summed E-state index contributed by atoms with van der Waals surface area (Å²) in [5, 5.41) is 15.2. The van der Waals surface area contributed by atoms with Crippen molar-refractivity contribution in [1.29, 1.82) is 0 Å². The van der Waals surface area contributed by atoms with E-state index in [1.165, 1.54) is 0 Å². The molecule has 2 aromatic rings. The lowest BCUT2D eigenvalue weighted by atomic mass is 9.62. The number of carbonyl (C=O) groups is 2. The minimum atomic E-state index is -0.845. The Morgan fingerprint density at radius 3 is 2.59 bits per heavy atom. The zero-order chi connectivity index (χ0) is 33.9. The molecule has 0 aromatic heterocycles. The quantitative estimate of drug-likeness (QED) is 0.325. The molecule has 1 saturated heterocycles. The van der Waals surface area contributed by atoms with Gasteiger partial charge >= 0.3 is 0 Å². The highest BCUT2D eigenvalue weighted by Gasteiger charge is 2.49.